The highest BCUT2D eigenvalue weighted by Crippen LogP contribution is 2.33. The van der Waals surface area contributed by atoms with Crippen molar-refractivity contribution in [3.8, 4) is 5.75 Å². The van der Waals surface area contributed by atoms with Crippen LogP contribution in [0.15, 0.2) is 35.3 Å². The second-order valence-electron chi connectivity index (χ2n) is 6.69. The number of fused-ring (bicyclic) bond motifs is 2. The Balaban J connectivity index is 1.74. The zero-order valence-corrected chi connectivity index (χ0v) is 15.3. The van der Waals surface area contributed by atoms with Gasteiger partial charge in [-0.05, 0) is 11.6 Å². The van der Waals surface area contributed by atoms with E-state index >= 15 is 0 Å². The highest BCUT2D eigenvalue weighted by Gasteiger charge is 2.26. The number of carbonyl (C=O) groups excluding carboxylic acids is 1. The van der Waals surface area contributed by atoms with Gasteiger partial charge in [-0.2, -0.15) is 0 Å². The predicted molar refractivity (Wildman–Crippen MR) is 103 cm³/mol. The number of aromatic hydroxyl groups is 1. The van der Waals surface area contributed by atoms with Crippen LogP contribution < -0.4 is 16.2 Å². The molecule has 1 aromatic carbocycles. The fourth-order valence-corrected chi connectivity index (χ4v) is 3.38. The van der Waals surface area contributed by atoms with Crippen molar-refractivity contribution < 1.29 is 19.8 Å². The van der Waals surface area contributed by atoms with E-state index in [4.69, 9.17) is 5.11 Å². The van der Waals surface area contributed by atoms with Crippen LogP contribution in [0.3, 0.4) is 0 Å². The molecule has 0 aliphatic carbocycles. The molecule has 148 valence electrons. The van der Waals surface area contributed by atoms with E-state index in [1.54, 1.807) is 0 Å². The average molecular weight is 395 g/mol. The molecule has 1 aliphatic rings. The van der Waals surface area contributed by atoms with Crippen molar-refractivity contribution in [1.82, 2.24) is 19.9 Å². The van der Waals surface area contributed by atoms with Crippen LogP contribution >= 0.6 is 0 Å². The Morgan fingerprint density at radius 3 is 2.83 bits per heavy atom. The number of carbonyl (C=O) groups is 2. The highest BCUT2D eigenvalue weighted by atomic mass is 16.4. The fraction of sp³-hybridized carbons (Fsp3) is 0.211. The molecule has 1 aliphatic heterocycles. The van der Waals surface area contributed by atoms with E-state index in [9.17, 15) is 19.5 Å². The van der Waals surface area contributed by atoms with Crippen LogP contribution in [0.25, 0.3) is 11.0 Å². The Hall–Kier alpha value is -3.95. The minimum atomic E-state index is -1.27. The molecule has 10 nitrogen and oxygen atoms in total. The molecule has 0 fully saturated rings. The fourth-order valence-electron chi connectivity index (χ4n) is 3.38. The van der Waals surface area contributed by atoms with Crippen molar-refractivity contribution in [3.63, 3.8) is 0 Å². The molecule has 4 rings (SSSR count). The normalized spacial score (nSPS) is 15.0. The summed E-state index contributed by atoms with van der Waals surface area (Å²) in [6.45, 7) is -0.678. The highest BCUT2D eigenvalue weighted by molar-refractivity contribution is 6.02. The first-order valence-electron chi connectivity index (χ1n) is 8.80. The second kappa shape index (κ2) is 6.89. The van der Waals surface area contributed by atoms with Crippen molar-refractivity contribution in [2.75, 3.05) is 11.9 Å². The summed E-state index contributed by atoms with van der Waals surface area (Å²) in [5, 5.41) is 24.7. The maximum absolute atomic E-state index is 12.6. The van der Waals surface area contributed by atoms with E-state index < -0.39 is 35.3 Å². The lowest BCUT2D eigenvalue weighted by Crippen LogP contribution is -2.35. The number of aryl methyl sites for hydroxylation is 1. The maximum Gasteiger partial charge on any atom is 0.322 e. The summed E-state index contributed by atoms with van der Waals surface area (Å²) in [7, 11) is 1.42. The Morgan fingerprint density at radius 1 is 1.34 bits per heavy atom. The summed E-state index contributed by atoms with van der Waals surface area (Å²) in [6, 6.07) is 7.65. The van der Waals surface area contributed by atoms with Gasteiger partial charge in [0, 0.05) is 25.4 Å². The number of hydrogen-bond donors (Lipinski definition) is 4. The first-order valence-corrected chi connectivity index (χ1v) is 8.80. The van der Waals surface area contributed by atoms with Gasteiger partial charge in [0.2, 0.25) is 0 Å². The van der Waals surface area contributed by atoms with E-state index in [1.807, 2.05) is 24.3 Å². The Morgan fingerprint density at radius 2 is 2.10 bits per heavy atom. The molecule has 1 atom stereocenters. The van der Waals surface area contributed by atoms with Crippen molar-refractivity contribution in [3.05, 3.63) is 57.8 Å². The molecule has 29 heavy (non-hydrogen) atoms. The summed E-state index contributed by atoms with van der Waals surface area (Å²) in [6.07, 6.45) is 2.03. The zero-order chi connectivity index (χ0) is 20.7. The molecule has 4 N–H and O–H groups in total. The third-order valence-electron chi connectivity index (χ3n) is 4.83. The molecule has 10 heteroatoms. The molecular weight excluding hydrogens is 378 g/mol. The number of pyridine rings is 1. The SMILES string of the molecule is Cn1c(=O)c(C(=O)NCC(=O)O)c(O)c2cnc(C3Cc4ccccc4N3)nc21. The van der Waals surface area contributed by atoms with Gasteiger partial charge in [-0.3, -0.25) is 19.0 Å². The third kappa shape index (κ3) is 3.14. The van der Waals surface area contributed by atoms with Gasteiger partial charge < -0.3 is 20.8 Å². The first kappa shape index (κ1) is 18.4. The lowest BCUT2D eigenvalue weighted by molar-refractivity contribution is -0.135. The van der Waals surface area contributed by atoms with Crippen molar-refractivity contribution in [1.29, 1.82) is 0 Å². The van der Waals surface area contributed by atoms with Crippen molar-refractivity contribution in [2.24, 2.45) is 7.05 Å². The van der Waals surface area contributed by atoms with Crippen LogP contribution in [0, 0.1) is 0 Å². The number of nitrogens with zero attached hydrogens (tertiary/aromatic N) is 3. The van der Waals surface area contributed by atoms with Crippen LogP contribution in [0.4, 0.5) is 5.69 Å². The topological polar surface area (TPSA) is 146 Å². The molecule has 1 unspecified atom stereocenters. The van der Waals surface area contributed by atoms with Crippen LogP contribution in [0.1, 0.15) is 27.8 Å². The summed E-state index contributed by atoms with van der Waals surface area (Å²) in [4.78, 5) is 44.2. The van der Waals surface area contributed by atoms with E-state index in [0.717, 1.165) is 15.8 Å². The number of anilines is 1. The number of aliphatic carboxylic acids is 1. The van der Waals surface area contributed by atoms with Gasteiger partial charge in [0.1, 0.15) is 23.5 Å². The van der Waals surface area contributed by atoms with Gasteiger partial charge in [-0.25, -0.2) is 9.97 Å². The van der Waals surface area contributed by atoms with Gasteiger partial charge in [0.25, 0.3) is 11.5 Å². The summed E-state index contributed by atoms with van der Waals surface area (Å²) in [5.74, 6) is -2.38. The summed E-state index contributed by atoms with van der Waals surface area (Å²) in [5.41, 5.74) is 0.950. The molecule has 0 saturated carbocycles. The Kier molecular flexibility index (Phi) is 4.38. The van der Waals surface area contributed by atoms with Gasteiger partial charge >= 0.3 is 5.97 Å². The number of aromatic nitrogens is 3. The maximum atomic E-state index is 12.6. The molecule has 2 aromatic heterocycles. The van der Waals surface area contributed by atoms with Crippen molar-refractivity contribution >= 4 is 28.6 Å². The number of nitrogens with one attached hydrogen (secondary N) is 2. The Labute approximate surface area is 163 Å². The molecule has 3 aromatic rings. The monoisotopic (exact) mass is 395 g/mol. The standard InChI is InChI=1S/C19H17N5O5/c1-24-17-10(15(27)14(19(24)29)18(28)21-8-13(25)26)7-20-16(23-17)12-6-9-4-2-3-5-11(9)22-12/h2-5,7,12,22,27H,6,8H2,1H3,(H,21,28)(H,25,26). The molecule has 0 bridgehead atoms. The smallest absolute Gasteiger partial charge is 0.322 e. The van der Waals surface area contributed by atoms with Crippen LogP contribution in [0.5, 0.6) is 5.75 Å². The van der Waals surface area contributed by atoms with Crippen LogP contribution in [-0.4, -0.2) is 43.2 Å². The number of hydrogen-bond acceptors (Lipinski definition) is 7. The molecule has 1 amide bonds. The summed E-state index contributed by atoms with van der Waals surface area (Å²) >= 11 is 0. The Bertz CT molecular complexity index is 1190. The quantitative estimate of drug-likeness (QED) is 0.501. The number of carboxylic acids is 1. The summed E-state index contributed by atoms with van der Waals surface area (Å²) < 4.78 is 1.14. The van der Waals surface area contributed by atoms with Gasteiger partial charge in [0.15, 0.2) is 5.82 Å². The molecule has 3 heterocycles. The molecule has 0 spiro atoms. The largest absolute Gasteiger partial charge is 0.506 e. The second-order valence-corrected chi connectivity index (χ2v) is 6.69. The molecular formula is C19H17N5O5. The number of rotatable bonds is 4. The lowest BCUT2D eigenvalue weighted by Gasteiger charge is -2.14. The minimum absolute atomic E-state index is 0.117. The number of amides is 1. The zero-order valence-electron chi connectivity index (χ0n) is 15.3. The lowest BCUT2D eigenvalue weighted by atomic mass is 10.1. The van der Waals surface area contributed by atoms with Gasteiger partial charge in [-0.15, -0.1) is 0 Å². The number of carboxylic acid groups (broad SMARTS) is 1. The number of para-hydroxylation sites is 1. The van der Waals surface area contributed by atoms with Crippen LogP contribution in [-0.2, 0) is 18.3 Å². The van der Waals surface area contributed by atoms with E-state index in [0.29, 0.717) is 12.2 Å². The molecule has 0 saturated heterocycles. The first-order chi connectivity index (χ1) is 13.9. The number of benzene rings is 1. The van der Waals surface area contributed by atoms with Gasteiger partial charge in [-0.1, -0.05) is 18.2 Å². The predicted octanol–water partition coefficient (Wildman–Crippen LogP) is 0.558. The minimum Gasteiger partial charge on any atom is -0.506 e. The van der Waals surface area contributed by atoms with Crippen molar-refractivity contribution in [2.45, 2.75) is 12.5 Å². The van der Waals surface area contributed by atoms with Gasteiger partial charge in [0.05, 0.1) is 11.4 Å². The van der Waals surface area contributed by atoms with E-state index in [-0.39, 0.29) is 17.1 Å². The molecule has 0 radical (unpaired) electrons. The third-order valence-corrected chi connectivity index (χ3v) is 4.83. The average Bonchev–Trinajstić information content (AvgIpc) is 3.14. The van der Waals surface area contributed by atoms with Crippen LogP contribution in [0.2, 0.25) is 0 Å². The van der Waals surface area contributed by atoms with E-state index in [2.05, 4.69) is 20.6 Å². The van der Waals surface area contributed by atoms with E-state index in [1.165, 1.54) is 13.2 Å².